The van der Waals surface area contributed by atoms with Crippen LogP contribution < -0.4 is 24.8 Å². The van der Waals surface area contributed by atoms with Gasteiger partial charge in [0.25, 0.3) is 11.8 Å². The number of rotatable bonds is 8. The van der Waals surface area contributed by atoms with Crippen LogP contribution in [-0.4, -0.2) is 119 Å². The highest BCUT2D eigenvalue weighted by atomic mass is 32.2. The van der Waals surface area contributed by atoms with Crippen molar-refractivity contribution in [1.29, 1.82) is 0 Å². The van der Waals surface area contributed by atoms with Gasteiger partial charge in [0.1, 0.15) is 35.6 Å². The topological polar surface area (TPSA) is 197 Å². The van der Waals surface area contributed by atoms with Gasteiger partial charge in [0.05, 0.1) is 29.9 Å². The number of benzene rings is 1. The number of likely N-dealkylation sites (tertiary alicyclic amines) is 1. The minimum atomic E-state index is -5.01. The fraction of sp³-hybridized carbons (Fsp3) is 0.625. The second-order valence-electron chi connectivity index (χ2n) is 17.6. The van der Waals surface area contributed by atoms with E-state index in [-0.39, 0.29) is 67.5 Å². The standard InChI is InChI=1S/C40H47F5N6O9S/c1-36(13-14-36)61(57,58)49-34(54)39-18-23(39)7-5-3-2-4-6-8-28(47-35(55)56)33(53)51-20-37(19-29(51)32(52)48-39)12-11-25-26-17-24(59-16-15-50-21-38(41,42)22-50)9-10-27(26)46-31(30(25)60-37)40(43,44)45/h5,7,9-10,17,23,28-29,47H,2-4,6,8,11-16,18-22H2,1H3,(H,48,52)(H,49,54)(H,55,56)/b7-5-/t23-,28+,29+,37-,39-/m1/s1. The van der Waals surface area contributed by atoms with Crippen molar-refractivity contribution >= 4 is 44.7 Å². The van der Waals surface area contributed by atoms with Crippen LogP contribution in [0, 0.1) is 5.92 Å². The van der Waals surface area contributed by atoms with Gasteiger partial charge in [-0.05, 0) is 76.5 Å². The van der Waals surface area contributed by atoms with Gasteiger partial charge in [-0.3, -0.25) is 24.0 Å². The molecule has 0 bridgehead atoms. The molecule has 4 amide bonds. The summed E-state index contributed by atoms with van der Waals surface area (Å²) in [5.74, 6) is -6.36. The van der Waals surface area contributed by atoms with Gasteiger partial charge in [-0.15, -0.1) is 0 Å². The Morgan fingerprint density at radius 2 is 1.84 bits per heavy atom. The molecule has 332 valence electrons. The zero-order valence-corrected chi connectivity index (χ0v) is 34.1. The number of ether oxygens (including phenoxy) is 2. The fourth-order valence-electron chi connectivity index (χ4n) is 9.00. The van der Waals surface area contributed by atoms with Crippen molar-refractivity contribution in [1.82, 2.24) is 30.1 Å². The Labute approximate surface area is 347 Å². The Hall–Kier alpha value is -4.79. The summed E-state index contributed by atoms with van der Waals surface area (Å²) in [5, 5.41) is 14.9. The number of carbonyl (C=O) groups excluding carboxylic acids is 3. The number of alkyl halides is 5. The van der Waals surface area contributed by atoms with Gasteiger partial charge in [0, 0.05) is 29.8 Å². The maximum Gasteiger partial charge on any atom is 0.437 e. The third-order valence-electron chi connectivity index (χ3n) is 12.9. The van der Waals surface area contributed by atoms with Gasteiger partial charge in [-0.25, -0.2) is 27.0 Å². The largest absolute Gasteiger partial charge is 0.492 e. The van der Waals surface area contributed by atoms with Gasteiger partial charge in [0.15, 0.2) is 11.4 Å². The number of carboxylic acid groups (broad SMARTS) is 1. The normalized spacial score (nSPS) is 30.3. The molecular formula is C40H47F5N6O9S. The molecule has 4 aliphatic heterocycles. The van der Waals surface area contributed by atoms with Gasteiger partial charge in [0.2, 0.25) is 21.8 Å². The van der Waals surface area contributed by atoms with Crippen molar-refractivity contribution in [3.63, 3.8) is 0 Å². The number of amides is 4. The second kappa shape index (κ2) is 15.2. The molecule has 4 fully saturated rings. The molecule has 1 aromatic heterocycles. The molecule has 2 saturated heterocycles. The summed E-state index contributed by atoms with van der Waals surface area (Å²) in [7, 11) is -4.13. The lowest BCUT2D eigenvalue weighted by Crippen LogP contribution is -2.58. The van der Waals surface area contributed by atoms with Crippen LogP contribution in [0.25, 0.3) is 10.9 Å². The van der Waals surface area contributed by atoms with Crippen LogP contribution in [0.4, 0.5) is 26.7 Å². The van der Waals surface area contributed by atoms with Gasteiger partial charge >= 0.3 is 12.3 Å². The number of hydrogen-bond donors (Lipinski definition) is 4. The predicted octanol–water partition coefficient (Wildman–Crippen LogP) is 4.28. The van der Waals surface area contributed by atoms with E-state index in [0.29, 0.717) is 38.5 Å². The minimum absolute atomic E-state index is 0.00305. The molecule has 4 N–H and O–H groups in total. The Kier molecular flexibility index (Phi) is 10.7. The van der Waals surface area contributed by atoms with Crippen molar-refractivity contribution < 1.29 is 64.1 Å². The molecule has 2 aliphatic carbocycles. The Balaban J connectivity index is 1.12. The van der Waals surface area contributed by atoms with E-state index < -0.39 is 111 Å². The quantitative estimate of drug-likeness (QED) is 0.218. The zero-order chi connectivity index (χ0) is 43.8. The maximum atomic E-state index is 14.8. The van der Waals surface area contributed by atoms with Crippen LogP contribution in [0.5, 0.6) is 11.5 Å². The molecule has 0 radical (unpaired) electrons. The number of nitrogens with one attached hydrogen (secondary N) is 3. The highest BCUT2D eigenvalue weighted by molar-refractivity contribution is 7.91. The van der Waals surface area contributed by atoms with E-state index >= 15 is 0 Å². The third kappa shape index (κ3) is 8.43. The summed E-state index contributed by atoms with van der Waals surface area (Å²) < 4.78 is 110. The van der Waals surface area contributed by atoms with Crippen molar-refractivity contribution in [2.45, 2.75) is 118 Å². The number of nitrogens with zero attached hydrogens (tertiary/aromatic N) is 3. The first-order valence-electron chi connectivity index (χ1n) is 20.4. The van der Waals surface area contributed by atoms with E-state index in [1.54, 1.807) is 6.08 Å². The Morgan fingerprint density at radius 3 is 2.52 bits per heavy atom. The molecule has 15 nitrogen and oxygen atoms in total. The van der Waals surface area contributed by atoms with Crippen LogP contribution in [0.1, 0.15) is 82.4 Å². The number of allylic oxidation sites excluding steroid dienone is 1. The lowest BCUT2D eigenvalue weighted by atomic mass is 9.87. The number of aryl methyl sites for hydroxylation is 1. The second-order valence-corrected chi connectivity index (χ2v) is 19.8. The number of hydrogen-bond acceptors (Lipinski definition) is 10. The van der Waals surface area contributed by atoms with E-state index in [0.717, 1.165) is 4.90 Å². The smallest absolute Gasteiger partial charge is 0.437 e. The van der Waals surface area contributed by atoms with E-state index in [4.69, 9.17) is 9.47 Å². The van der Waals surface area contributed by atoms with Crippen molar-refractivity contribution in [3.8, 4) is 11.5 Å². The monoisotopic (exact) mass is 882 g/mol. The summed E-state index contributed by atoms with van der Waals surface area (Å²) in [6.45, 7) is 0.526. The molecule has 21 heteroatoms. The van der Waals surface area contributed by atoms with Gasteiger partial charge < -0.3 is 30.1 Å². The number of halogens is 5. The van der Waals surface area contributed by atoms with Crippen LogP contribution in [-0.2, 0) is 37.0 Å². The van der Waals surface area contributed by atoms with Gasteiger partial charge in [-0.2, -0.15) is 13.2 Å². The molecule has 6 aliphatic rings. The highest BCUT2D eigenvalue weighted by Crippen LogP contribution is 2.50. The number of aromatic nitrogens is 1. The molecule has 1 aromatic carbocycles. The minimum Gasteiger partial charge on any atom is -0.492 e. The first-order valence-corrected chi connectivity index (χ1v) is 21.9. The fourth-order valence-corrected chi connectivity index (χ4v) is 10.3. The molecule has 5 heterocycles. The first kappa shape index (κ1) is 42.9. The summed E-state index contributed by atoms with van der Waals surface area (Å²) in [6.07, 6.45) is -0.315. The number of pyridine rings is 1. The summed E-state index contributed by atoms with van der Waals surface area (Å²) >= 11 is 0. The van der Waals surface area contributed by atoms with Gasteiger partial charge in [-0.1, -0.05) is 25.0 Å². The number of fused-ring (bicyclic) bond motifs is 5. The molecule has 5 atom stereocenters. The molecule has 2 aromatic rings. The maximum absolute atomic E-state index is 14.8. The molecule has 1 spiro atoms. The first-order chi connectivity index (χ1) is 28.6. The van der Waals surface area contributed by atoms with E-state index in [1.165, 1.54) is 30.0 Å². The third-order valence-corrected chi connectivity index (χ3v) is 15.1. The molecule has 8 rings (SSSR count). The Morgan fingerprint density at radius 1 is 1.08 bits per heavy atom. The lowest BCUT2D eigenvalue weighted by molar-refractivity contribution is -0.144. The van der Waals surface area contributed by atoms with Crippen molar-refractivity contribution in [2.75, 3.05) is 32.8 Å². The molecule has 61 heavy (non-hydrogen) atoms. The molecular weight excluding hydrogens is 836 g/mol. The predicted molar refractivity (Wildman–Crippen MR) is 206 cm³/mol. The summed E-state index contributed by atoms with van der Waals surface area (Å²) in [5.41, 5.74) is -4.53. The van der Waals surface area contributed by atoms with E-state index in [9.17, 15) is 54.7 Å². The number of carbonyl (C=O) groups is 4. The highest BCUT2D eigenvalue weighted by Gasteiger charge is 2.64. The summed E-state index contributed by atoms with van der Waals surface area (Å²) in [4.78, 5) is 61.2. The van der Waals surface area contributed by atoms with Crippen LogP contribution in [0.15, 0.2) is 30.4 Å². The van der Waals surface area contributed by atoms with E-state index in [2.05, 4.69) is 20.3 Å². The lowest BCUT2D eigenvalue weighted by Gasteiger charge is -2.38. The van der Waals surface area contributed by atoms with E-state index in [1.807, 2.05) is 6.08 Å². The Bertz CT molecular complexity index is 2280. The van der Waals surface area contributed by atoms with Crippen LogP contribution in [0.3, 0.4) is 0 Å². The average molecular weight is 883 g/mol. The van der Waals surface area contributed by atoms with Crippen LogP contribution in [0.2, 0.25) is 0 Å². The van der Waals surface area contributed by atoms with Crippen LogP contribution >= 0.6 is 0 Å². The SMILES string of the molecule is CC1(S(=O)(=O)NC(=O)[C@@]23C[C@H]2/C=C\CCCCC[C@H](NC(=O)O)C(=O)N2C[C@@]4(CCc5c(c(C(F)(F)F)nc6ccc(OCCN7CC(F)(F)C7)cc56)O4)C[C@H]2C(=O)N3)CC1. The number of sulfonamides is 1. The zero-order valence-electron chi connectivity index (χ0n) is 33.3. The summed E-state index contributed by atoms with van der Waals surface area (Å²) in [6, 6.07) is 1.48. The van der Waals surface area contributed by atoms with Crippen molar-refractivity contribution in [2.24, 2.45) is 5.92 Å². The molecule has 0 unspecified atom stereocenters. The molecule has 2 saturated carbocycles. The van der Waals surface area contributed by atoms with Crippen molar-refractivity contribution in [3.05, 3.63) is 41.6 Å². The average Bonchev–Trinajstić information content (AvgIpc) is 4.06.